The smallest absolute Gasteiger partial charge is 0.268 e. The van der Waals surface area contributed by atoms with E-state index in [0.717, 1.165) is 16.7 Å². The molecule has 0 radical (unpaired) electrons. The molecule has 0 saturated carbocycles. The number of anilines is 1. The Bertz CT molecular complexity index is 1040. The number of rotatable bonds is 10. The monoisotopic (exact) mass is 467 g/mol. The Balaban J connectivity index is 2.16. The number of nitrogens with one attached hydrogen (secondary N) is 3. The summed E-state index contributed by atoms with van der Waals surface area (Å²) in [5, 5.41) is 41.0. The fourth-order valence-corrected chi connectivity index (χ4v) is 3.65. The van der Waals surface area contributed by atoms with E-state index in [9.17, 15) is 28.5 Å². The van der Waals surface area contributed by atoms with Crippen molar-refractivity contribution in [1.82, 2.24) is 10.3 Å². The van der Waals surface area contributed by atoms with Crippen LogP contribution >= 0.6 is 0 Å². The van der Waals surface area contributed by atoms with Crippen LogP contribution in [0.3, 0.4) is 0 Å². The van der Waals surface area contributed by atoms with Gasteiger partial charge < -0.3 is 25.7 Å². The van der Waals surface area contributed by atoms with Crippen LogP contribution in [0.5, 0.6) is 0 Å². The number of aryl methyl sites for hydroxylation is 3. The summed E-state index contributed by atoms with van der Waals surface area (Å²) in [7, 11) is -3.99. The quantitative estimate of drug-likeness (QED) is 0.234. The normalized spacial score (nSPS) is 14.5. The number of aliphatic hydroxyl groups is 4. The van der Waals surface area contributed by atoms with E-state index < -0.39 is 40.8 Å². The molecule has 0 aromatic heterocycles. The molecule has 10 nitrogen and oxygen atoms in total. The lowest BCUT2D eigenvalue weighted by atomic mass is 10.0. The van der Waals surface area contributed by atoms with Crippen LogP contribution in [-0.4, -0.2) is 66.2 Å². The second-order valence-corrected chi connectivity index (χ2v) is 9.23. The summed E-state index contributed by atoms with van der Waals surface area (Å²) in [6, 6.07) is 9.30. The number of carbonyl (C=O) groups is 1. The molecule has 11 heteroatoms. The molecule has 0 spiro atoms. The lowest BCUT2D eigenvalue weighted by Crippen LogP contribution is -2.43. The van der Waals surface area contributed by atoms with Gasteiger partial charge in [0.1, 0.15) is 12.2 Å². The van der Waals surface area contributed by atoms with Crippen molar-refractivity contribution in [2.75, 3.05) is 18.5 Å². The Labute approximate surface area is 186 Å². The molecule has 176 valence electrons. The van der Waals surface area contributed by atoms with Crippen molar-refractivity contribution < 1.29 is 33.6 Å². The lowest BCUT2D eigenvalue weighted by molar-refractivity contribution is -0.0715. The van der Waals surface area contributed by atoms with Crippen molar-refractivity contribution in [1.29, 1.82) is 0 Å². The van der Waals surface area contributed by atoms with Crippen LogP contribution in [0.1, 0.15) is 27.0 Å². The molecule has 3 atom stereocenters. The number of hydrogen-bond donors (Lipinski definition) is 7. The van der Waals surface area contributed by atoms with Gasteiger partial charge in [-0.25, -0.2) is 8.42 Å². The average molecular weight is 468 g/mol. The zero-order valence-corrected chi connectivity index (χ0v) is 18.8. The van der Waals surface area contributed by atoms with Gasteiger partial charge in [0, 0.05) is 12.2 Å². The third-order valence-electron chi connectivity index (χ3n) is 4.99. The van der Waals surface area contributed by atoms with E-state index in [0.29, 0.717) is 0 Å². The fraction of sp³-hybridized carbons (Fsp3) is 0.381. The summed E-state index contributed by atoms with van der Waals surface area (Å²) in [4.78, 5) is 14.8. The highest BCUT2D eigenvalue weighted by atomic mass is 32.2. The topological polar surface area (TPSA) is 168 Å². The number of benzene rings is 2. The van der Waals surface area contributed by atoms with Crippen molar-refractivity contribution in [3.63, 3.8) is 0 Å². The van der Waals surface area contributed by atoms with Crippen LogP contribution in [-0.2, 0) is 10.0 Å². The van der Waals surface area contributed by atoms with Gasteiger partial charge in [0.2, 0.25) is 0 Å². The number of carbonyl (C=O) groups excluding carboxylic acids is 1. The fourth-order valence-electron chi connectivity index (χ4n) is 2.81. The Kier molecular flexibility index (Phi) is 8.73. The molecule has 0 aliphatic rings. The van der Waals surface area contributed by atoms with Crippen LogP contribution in [0.2, 0.25) is 0 Å². The third kappa shape index (κ3) is 6.48. The van der Waals surface area contributed by atoms with Crippen LogP contribution < -0.4 is 15.6 Å². The van der Waals surface area contributed by atoms with E-state index in [1.807, 2.05) is 13.8 Å². The lowest BCUT2D eigenvalue weighted by Gasteiger charge is -2.23. The minimum atomic E-state index is -3.99. The van der Waals surface area contributed by atoms with Crippen molar-refractivity contribution in [2.45, 2.75) is 44.0 Å². The SMILES string of the molecule is Cc1ccc(S(=O)(=O)NNC(=O)c2cc(C)c(C)cc2NC[C@H](O)[C@H](O)[C@H](O)CO)cc1. The summed E-state index contributed by atoms with van der Waals surface area (Å²) in [5.74, 6) is -0.739. The highest BCUT2D eigenvalue weighted by molar-refractivity contribution is 7.89. The largest absolute Gasteiger partial charge is 0.394 e. The number of hydrogen-bond acceptors (Lipinski definition) is 8. The van der Waals surface area contributed by atoms with Gasteiger partial charge in [0.05, 0.1) is 23.2 Å². The van der Waals surface area contributed by atoms with Gasteiger partial charge in [-0.1, -0.05) is 17.7 Å². The predicted octanol–water partition coefficient (Wildman–Crippen LogP) is -0.278. The van der Waals surface area contributed by atoms with E-state index in [1.165, 1.54) is 12.1 Å². The van der Waals surface area contributed by atoms with Gasteiger partial charge >= 0.3 is 0 Å². The molecule has 0 aliphatic carbocycles. The van der Waals surface area contributed by atoms with Crippen molar-refractivity contribution in [3.05, 3.63) is 58.7 Å². The Morgan fingerprint density at radius 3 is 2.16 bits per heavy atom. The summed E-state index contributed by atoms with van der Waals surface area (Å²) in [6.45, 7) is 4.44. The number of aliphatic hydroxyl groups excluding tert-OH is 4. The van der Waals surface area contributed by atoms with Crippen LogP contribution in [0.25, 0.3) is 0 Å². The van der Waals surface area contributed by atoms with Gasteiger partial charge in [0.25, 0.3) is 15.9 Å². The first kappa shape index (κ1) is 25.7. The maximum atomic E-state index is 12.7. The molecule has 0 aliphatic heterocycles. The van der Waals surface area contributed by atoms with E-state index in [1.54, 1.807) is 31.2 Å². The average Bonchev–Trinajstić information content (AvgIpc) is 2.76. The second kappa shape index (κ2) is 10.9. The number of hydrazine groups is 1. The summed E-state index contributed by atoms with van der Waals surface area (Å²) in [5.41, 5.74) is 5.05. The van der Waals surface area contributed by atoms with Gasteiger partial charge in [0.15, 0.2) is 0 Å². The number of sulfonamides is 1. The molecule has 1 amide bonds. The first-order valence-electron chi connectivity index (χ1n) is 9.85. The molecule has 0 unspecified atom stereocenters. The zero-order valence-electron chi connectivity index (χ0n) is 18.0. The first-order chi connectivity index (χ1) is 15.0. The van der Waals surface area contributed by atoms with Gasteiger partial charge in [-0.2, -0.15) is 0 Å². The van der Waals surface area contributed by atoms with Crippen molar-refractivity contribution in [3.8, 4) is 0 Å². The van der Waals surface area contributed by atoms with E-state index in [4.69, 9.17) is 5.11 Å². The molecule has 2 aromatic rings. The van der Waals surface area contributed by atoms with Gasteiger partial charge in [-0.15, -0.1) is 4.83 Å². The molecule has 0 saturated heterocycles. The maximum absolute atomic E-state index is 12.7. The number of amides is 1. The Morgan fingerprint density at radius 2 is 1.56 bits per heavy atom. The van der Waals surface area contributed by atoms with Crippen molar-refractivity contribution in [2.24, 2.45) is 0 Å². The predicted molar refractivity (Wildman–Crippen MR) is 118 cm³/mol. The molecule has 2 aromatic carbocycles. The van der Waals surface area contributed by atoms with Crippen LogP contribution in [0.15, 0.2) is 41.3 Å². The van der Waals surface area contributed by atoms with Crippen molar-refractivity contribution >= 4 is 21.6 Å². The molecule has 0 fully saturated rings. The van der Waals surface area contributed by atoms with Gasteiger partial charge in [-0.05, 0) is 56.2 Å². The maximum Gasteiger partial charge on any atom is 0.268 e. The van der Waals surface area contributed by atoms with E-state index >= 15 is 0 Å². The van der Waals surface area contributed by atoms with Crippen LogP contribution in [0, 0.1) is 20.8 Å². The highest BCUT2D eigenvalue weighted by Gasteiger charge is 2.25. The molecule has 2 rings (SSSR count). The summed E-state index contributed by atoms with van der Waals surface area (Å²) < 4.78 is 24.8. The molecular weight excluding hydrogens is 438 g/mol. The van der Waals surface area contributed by atoms with E-state index in [2.05, 4.69) is 15.6 Å². The molecule has 0 heterocycles. The minimum absolute atomic E-state index is 0.0126. The highest BCUT2D eigenvalue weighted by Crippen LogP contribution is 2.21. The van der Waals surface area contributed by atoms with E-state index in [-0.39, 0.29) is 22.7 Å². The first-order valence-corrected chi connectivity index (χ1v) is 11.3. The minimum Gasteiger partial charge on any atom is -0.394 e. The standard InChI is InChI=1S/C21H29N3O7S/c1-12-4-6-15(7-5-12)32(30,31)24-23-21(29)16-8-13(2)14(3)9-17(16)22-10-18(26)20(28)19(27)11-25/h4-9,18-20,22,24-28H,10-11H2,1-3H3,(H,23,29)/t18-,19+,20-/m0/s1. The molecular formula is C21H29N3O7S. The summed E-state index contributed by atoms with van der Waals surface area (Å²) in [6.07, 6.45) is -4.56. The Morgan fingerprint density at radius 1 is 0.969 bits per heavy atom. The third-order valence-corrected chi connectivity index (χ3v) is 6.25. The second-order valence-electron chi connectivity index (χ2n) is 7.54. The summed E-state index contributed by atoms with van der Waals surface area (Å²) >= 11 is 0. The molecule has 32 heavy (non-hydrogen) atoms. The van der Waals surface area contributed by atoms with Gasteiger partial charge in [-0.3, -0.25) is 10.2 Å². The molecule has 0 bridgehead atoms. The van der Waals surface area contributed by atoms with Crippen LogP contribution in [0.4, 0.5) is 5.69 Å². The zero-order chi connectivity index (χ0) is 24.1. The Hall–Kier alpha value is -2.54. The molecule has 7 N–H and O–H groups in total.